The second-order valence-corrected chi connectivity index (χ2v) is 5.04. The Balaban J connectivity index is 1.99. The first-order chi connectivity index (χ1) is 7.18. The second kappa shape index (κ2) is 4.31. The smallest absolute Gasteiger partial charge is 0.0421 e. The van der Waals surface area contributed by atoms with Gasteiger partial charge in [-0.1, -0.05) is 13.0 Å². The maximum Gasteiger partial charge on any atom is 0.0421 e. The summed E-state index contributed by atoms with van der Waals surface area (Å²) in [5.41, 5.74) is 7.55. The molecule has 2 nitrogen and oxygen atoms in total. The van der Waals surface area contributed by atoms with Crippen LogP contribution in [0.2, 0.25) is 0 Å². The van der Waals surface area contributed by atoms with E-state index in [1.165, 1.54) is 12.8 Å². The molecule has 2 rings (SSSR count). The molecule has 15 heavy (non-hydrogen) atoms. The number of nitrogens with two attached hydrogens (primary N) is 1. The fourth-order valence-corrected chi connectivity index (χ4v) is 2.38. The Kier molecular flexibility index (Phi) is 3.06. The van der Waals surface area contributed by atoms with Gasteiger partial charge in [0.25, 0.3) is 0 Å². The van der Waals surface area contributed by atoms with E-state index in [0.29, 0.717) is 0 Å². The molecule has 1 aliphatic rings. The van der Waals surface area contributed by atoms with Gasteiger partial charge in [-0.15, -0.1) is 0 Å². The molecule has 2 N–H and O–H groups in total. The zero-order valence-electron chi connectivity index (χ0n) is 9.45. The summed E-state index contributed by atoms with van der Waals surface area (Å²) in [6, 6.07) is 6.07. The quantitative estimate of drug-likeness (QED) is 0.804. The number of hydrogen-bond acceptors (Lipinski definition) is 2. The van der Waals surface area contributed by atoms with E-state index in [-0.39, 0.29) is 5.54 Å². The molecule has 1 aliphatic carbocycles. The largest absolute Gasteiger partial charge is 0.325 e. The van der Waals surface area contributed by atoms with Crippen LogP contribution < -0.4 is 5.73 Å². The molecule has 1 saturated carbocycles. The van der Waals surface area contributed by atoms with Crippen LogP contribution in [0.4, 0.5) is 0 Å². The van der Waals surface area contributed by atoms with Crippen molar-refractivity contribution in [2.75, 3.05) is 0 Å². The number of nitrogens with zero attached hydrogens (tertiary/aromatic N) is 1. The summed E-state index contributed by atoms with van der Waals surface area (Å²) in [5.74, 6) is 0.852. The molecule has 1 fully saturated rings. The van der Waals surface area contributed by atoms with Gasteiger partial charge in [-0.3, -0.25) is 4.98 Å². The van der Waals surface area contributed by atoms with E-state index in [2.05, 4.69) is 18.0 Å². The van der Waals surface area contributed by atoms with E-state index in [1.54, 1.807) is 0 Å². The molecule has 0 saturated heterocycles. The van der Waals surface area contributed by atoms with E-state index in [9.17, 15) is 0 Å². The molecule has 0 aromatic carbocycles. The Morgan fingerprint density at radius 3 is 2.73 bits per heavy atom. The zero-order valence-corrected chi connectivity index (χ0v) is 9.45. The van der Waals surface area contributed by atoms with Gasteiger partial charge >= 0.3 is 0 Å². The molecule has 0 spiro atoms. The average Bonchev–Trinajstić information content (AvgIpc) is 2.24. The normalized spacial score (nSPS) is 31.5. The van der Waals surface area contributed by atoms with Crippen LogP contribution in [0, 0.1) is 5.92 Å². The van der Waals surface area contributed by atoms with Crippen molar-refractivity contribution in [2.24, 2.45) is 11.7 Å². The van der Waals surface area contributed by atoms with E-state index in [1.807, 2.05) is 18.3 Å². The van der Waals surface area contributed by atoms with Crippen molar-refractivity contribution >= 4 is 0 Å². The van der Waals surface area contributed by atoms with Crippen LogP contribution >= 0.6 is 0 Å². The summed E-state index contributed by atoms with van der Waals surface area (Å²) in [5, 5.41) is 0. The van der Waals surface area contributed by atoms with Crippen molar-refractivity contribution in [2.45, 2.75) is 44.6 Å². The molecular weight excluding hydrogens is 184 g/mol. The molecule has 0 unspecified atom stereocenters. The van der Waals surface area contributed by atoms with Gasteiger partial charge in [0.05, 0.1) is 0 Å². The molecule has 1 aromatic rings. The van der Waals surface area contributed by atoms with Crippen molar-refractivity contribution in [3.63, 3.8) is 0 Å². The highest BCUT2D eigenvalue weighted by atomic mass is 14.8. The van der Waals surface area contributed by atoms with Gasteiger partial charge in [0.15, 0.2) is 0 Å². The van der Waals surface area contributed by atoms with Crippen LogP contribution in [0.1, 0.15) is 38.3 Å². The van der Waals surface area contributed by atoms with E-state index < -0.39 is 0 Å². The third kappa shape index (κ3) is 2.78. The number of hydrogen-bond donors (Lipinski definition) is 1. The third-order valence-corrected chi connectivity index (χ3v) is 3.53. The lowest BCUT2D eigenvalue weighted by atomic mass is 9.75. The summed E-state index contributed by atoms with van der Waals surface area (Å²) in [6.07, 6.45) is 7.60. The first-order valence-electron chi connectivity index (χ1n) is 5.87. The molecule has 0 radical (unpaired) electrons. The minimum Gasteiger partial charge on any atom is -0.325 e. The summed E-state index contributed by atoms with van der Waals surface area (Å²) in [7, 11) is 0. The van der Waals surface area contributed by atoms with Crippen molar-refractivity contribution in [3.8, 4) is 0 Å². The summed E-state index contributed by atoms with van der Waals surface area (Å²) in [4.78, 5) is 4.36. The molecule has 82 valence electrons. The van der Waals surface area contributed by atoms with E-state index in [4.69, 9.17) is 5.73 Å². The van der Waals surface area contributed by atoms with Crippen molar-refractivity contribution in [1.29, 1.82) is 0 Å². The van der Waals surface area contributed by atoms with Crippen LogP contribution in [0.3, 0.4) is 0 Å². The highest BCUT2D eigenvalue weighted by Crippen LogP contribution is 2.31. The van der Waals surface area contributed by atoms with Crippen LogP contribution in [0.15, 0.2) is 24.4 Å². The van der Waals surface area contributed by atoms with Crippen LogP contribution in [-0.4, -0.2) is 10.5 Å². The van der Waals surface area contributed by atoms with Gasteiger partial charge in [-0.25, -0.2) is 0 Å². The second-order valence-electron chi connectivity index (χ2n) is 5.04. The molecule has 1 aromatic heterocycles. The lowest BCUT2D eigenvalue weighted by Crippen LogP contribution is -2.45. The van der Waals surface area contributed by atoms with Crippen molar-refractivity contribution in [3.05, 3.63) is 30.1 Å². The van der Waals surface area contributed by atoms with Crippen molar-refractivity contribution in [1.82, 2.24) is 4.98 Å². The molecule has 1 heterocycles. The predicted octanol–water partition coefficient (Wildman–Crippen LogP) is 2.53. The van der Waals surface area contributed by atoms with Gasteiger partial charge in [-0.05, 0) is 43.7 Å². The van der Waals surface area contributed by atoms with Gasteiger partial charge < -0.3 is 5.73 Å². The van der Waals surface area contributed by atoms with Crippen molar-refractivity contribution < 1.29 is 0 Å². The predicted molar refractivity (Wildman–Crippen MR) is 62.5 cm³/mol. The van der Waals surface area contributed by atoms with Crippen LogP contribution in [0.25, 0.3) is 0 Å². The Bertz CT molecular complexity index is 300. The molecular formula is C13H20N2. The van der Waals surface area contributed by atoms with E-state index in [0.717, 1.165) is 30.9 Å². The summed E-state index contributed by atoms with van der Waals surface area (Å²) < 4.78 is 0. The van der Waals surface area contributed by atoms with Gasteiger partial charge in [0.2, 0.25) is 0 Å². The lowest BCUT2D eigenvalue weighted by molar-refractivity contribution is 0.242. The summed E-state index contributed by atoms with van der Waals surface area (Å²) >= 11 is 0. The zero-order chi connectivity index (χ0) is 10.7. The van der Waals surface area contributed by atoms with Crippen LogP contribution in [0.5, 0.6) is 0 Å². The fraction of sp³-hybridized carbons (Fsp3) is 0.615. The Morgan fingerprint density at radius 1 is 1.40 bits per heavy atom. The SMILES string of the molecule is CC1CCC(N)(Cc2ccccn2)CC1. The Hall–Kier alpha value is -0.890. The third-order valence-electron chi connectivity index (χ3n) is 3.53. The van der Waals surface area contributed by atoms with E-state index >= 15 is 0 Å². The fourth-order valence-electron chi connectivity index (χ4n) is 2.38. The first kappa shape index (κ1) is 10.6. The maximum atomic E-state index is 6.41. The minimum absolute atomic E-state index is 0.000856. The standard InChI is InChI=1S/C13H20N2/c1-11-5-7-13(14,8-6-11)10-12-4-2-3-9-15-12/h2-4,9,11H,5-8,10,14H2,1H3. The topological polar surface area (TPSA) is 38.9 Å². The Labute approximate surface area is 91.9 Å². The minimum atomic E-state index is 0.000856. The average molecular weight is 204 g/mol. The summed E-state index contributed by atoms with van der Waals surface area (Å²) in [6.45, 7) is 2.32. The molecule has 0 amide bonds. The molecule has 0 aliphatic heterocycles. The monoisotopic (exact) mass is 204 g/mol. The molecule has 0 atom stereocenters. The van der Waals surface area contributed by atoms with Crippen LogP contribution in [-0.2, 0) is 6.42 Å². The van der Waals surface area contributed by atoms with Gasteiger partial charge in [0, 0.05) is 23.9 Å². The molecule has 2 heteroatoms. The number of rotatable bonds is 2. The number of pyridine rings is 1. The number of aromatic nitrogens is 1. The lowest BCUT2D eigenvalue weighted by Gasteiger charge is -2.36. The Morgan fingerprint density at radius 2 is 2.13 bits per heavy atom. The first-order valence-corrected chi connectivity index (χ1v) is 5.87. The molecule has 0 bridgehead atoms. The van der Waals surface area contributed by atoms with Gasteiger partial charge in [-0.2, -0.15) is 0 Å². The highest BCUT2D eigenvalue weighted by molar-refractivity contribution is 5.09. The maximum absolute atomic E-state index is 6.41. The van der Waals surface area contributed by atoms with Gasteiger partial charge in [0.1, 0.15) is 0 Å². The highest BCUT2D eigenvalue weighted by Gasteiger charge is 2.30.